The molecule has 0 fully saturated rings. The van der Waals surface area contributed by atoms with Crippen LogP contribution in [-0.4, -0.2) is 24.0 Å². The predicted octanol–water partition coefficient (Wildman–Crippen LogP) is 4.27. The molecule has 1 aliphatic heterocycles. The Morgan fingerprint density at radius 3 is 2.57 bits per heavy atom. The van der Waals surface area contributed by atoms with Crippen molar-refractivity contribution >= 4 is 23.3 Å². The smallest absolute Gasteiger partial charge is 0.252 e. The van der Waals surface area contributed by atoms with E-state index in [-0.39, 0.29) is 5.91 Å². The van der Waals surface area contributed by atoms with Gasteiger partial charge in [0.1, 0.15) is 5.82 Å². The van der Waals surface area contributed by atoms with Gasteiger partial charge in [-0.1, -0.05) is 48.0 Å². The van der Waals surface area contributed by atoms with Gasteiger partial charge < -0.3 is 10.2 Å². The molecule has 28 heavy (non-hydrogen) atoms. The van der Waals surface area contributed by atoms with Gasteiger partial charge in [-0.3, -0.25) is 4.79 Å². The topological polar surface area (TPSA) is 45.2 Å². The van der Waals surface area contributed by atoms with Crippen LogP contribution in [0.1, 0.15) is 27.0 Å². The van der Waals surface area contributed by atoms with Crippen LogP contribution in [0.5, 0.6) is 0 Å². The van der Waals surface area contributed by atoms with Crippen molar-refractivity contribution in [1.82, 2.24) is 10.3 Å². The number of fused-ring (bicyclic) bond motifs is 1. The van der Waals surface area contributed by atoms with Gasteiger partial charge >= 0.3 is 0 Å². The number of amides is 1. The minimum Gasteiger partial charge on any atom is -0.352 e. The zero-order chi connectivity index (χ0) is 19.3. The Bertz CT molecular complexity index is 954. The Hall–Kier alpha value is -2.85. The molecule has 1 aromatic heterocycles. The number of aromatic nitrogens is 1. The van der Waals surface area contributed by atoms with Gasteiger partial charge in [-0.2, -0.15) is 0 Å². The van der Waals surface area contributed by atoms with Gasteiger partial charge in [0.15, 0.2) is 0 Å². The van der Waals surface area contributed by atoms with Gasteiger partial charge in [-0.15, -0.1) is 0 Å². The normalized spacial score (nSPS) is 13.1. The summed E-state index contributed by atoms with van der Waals surface area (Å²) in [5, 5.41) is 3.67. The second kappa shape index (κ2) is 8.44. The third-order valence-electron chi connectivity index (χ3n) is 5.08. The molecule has 3 aromatic rings. The maximum Gasteiger partial charge on any atom is 0.252 e. The van der Waals surface area contributed by atoms with E-state index in [1.165, 1.54) is 11.1 Å². The quantitative estimate of drug-likeness (QED) is 0.706. The molecule has 0 aliphatic carbocycles. The Morgan fingerprint density at radius 2 is 1.82 bits per heavy atom. The molecule has 4 nitrogen and oxygen atoms in total. The molecule has 0 saturated heterocycles. The Labute approximate surface area is 170 Å². The van der Waals surface area contributed by atoms with Gasteiger partial charge in [0.2, 0.25) is 0 Å². The Morgan fingerprint density at radius 1 is 1.04 bits per heavy atom. The highest BCUT2D eigenvalue weighted by atomic mass is 35.5. The molecule has 0 saturated carbocycles. The highest BCUT2D eigenvalue weighted by Gasteiger charge is 2.17. The Balaban J connectivity index is 1.33. The summed E-state index contributed by atoms with van der Waals surface area (Å²) < 4.78 is 0. The lowest BCUT2D eigenvalue weighted by Gasteiger charge is -2.29. The number of benzene rings is 2. The number of anilines is 1. The van der Waals surface area contributed by atoms with Crippen LogP contribution in [0.25, 0.3) is 0 Å². The first kappa shape index (κ1) is 18.5. The molecule has 0 atom stereocenters. The zero-order valence-corrected chi connectivity index (χ0v) is 16.3. The van der Waals surface area contributed by atoms with Crippen molar-refractivity contribution in [3.63, 3.8) is 0 Å². The summed E-state index contributed by atoms with van der Waals surface area (Å²) in [5.74, 6) is 0.809. The Kier molecular flexibility index (Phi) is 5.58. The first-order chi connectivity index (χ1) is 13.7. The molecule has 0 unspecified atom stereocenters. The number of nitrogens with one attached hydrogen (secondary N) is 1. The fourth-order valence-electron chi connectivity index (χ4n) is 3.47. The fourth-order valence-corrected chi connectivity index (χ4v) is 3.60. The van der Waals surface area contributed by atoms with Gasteiger partial charge in [0.25, 0.3) is 5.91 Å². The minimum atomic E-state index is -0.1000. The molecule has 0 bridgehead atoms. The number of hydrogen-bond donors (Lipinski definition) is 1. The largest absolute Gasteiger partial charge is 0.352 e. The van der Waals surface area contributed by atoms with E-state index in [2.05, 4.69) is 39.5 Å². The predicted molar refractivity (Wildman–Crippen MR) is 113 cm³/mol. The minimum absolute atomic E-state index is 0.1000. The number of halogens is 1. The first-order valence-corrected chi connectivity index (χ1v) is 9.87. The van der Waals surface area contributed by atoms with E-state index in [0.29, 0.717) is 12.1 Å². The highest BCUT2D eigenvalue weighted by molar-refractivity contribution is 6.30. The molecular formula is C23H22ClN3O. The number of nitrogens with zero attached hydrogens (tertiary/aromatic N) is 2. The van der Waals surface area contributed by atoms with Crippen LogP contribution in [0.15, 0.2) is 66.9 Å². The van der Waals surface area contributed by atoms with Crippen molar-refractivity contribution in [1.29, 1.82) is 0 Å². The van der Waals surface area contributed by atoms with Crippen LogP contribution in [-0.2, 0) is 19.4 Å². The summed E-state index contributed by atoms with van der Waals surface area (Å²) in [7, 11) is 0. The molecule has 0 radical (unpaired) electrons. The summed E-state index contributed by atoms with van der Waals surface area (Å²) in [4.78, 5) is 19.1. The van der Waals surface area contributed by atoms with Crippen LogP contribution < -0.4 is 10.2 Å². The highest BCUT2D eigenvalue weighted by Crippen LogP contribution is 2.23. The fraction of sp³-hybridized carbons (Fsp3) is 0.217. The summed E-state index contributed by atoms with van der Waals surface area (Å²) in [6.45, 7) is 2.37. The van der Waals surface area contributed by atoms with Gasteiger partial charge in [-0.05, 0) is 53.8 Å². The van der Waals surface area contributed by atoms with Crippen molar-refractivity contribution in [2.24, 2.45) is 0 Å². The molecule has 0 spiro atoms. The van der Waals surface area contributed by atoms with Crippen molar-refractivity contribution in [3.05, 3.63) is 94.1 Å². The van der Waals surface area contributed by atoms with Crippen LogP contribution in [0.3, 0.4) is 0 Å². The van der Waals surface area contributed by atoms with E-state index in [9.17, 15) is 4.79 Å². The van der Waals surface area contributed by atoms with Gasteiger partial charge in [-0.25, -0.2) is 4.98 Å². The molecule has 5 heteroatoms. The van der Waals surface area contributed by atoms with Crippen LogP contribution in [0.4, 0.5) is 5.82 Å². The molecular weight excluding hydrogens is 370 g/mol. The maximum atomic E-state index is 12.4. The van der Waals surface area contributed by atoms with E-state index in [1.54, 1.807) is 6.20 Å². The van der Waals surface area contributed by atoms with Crippen molar-refractivity contribution in [2.45, 2.75) is 19.4 Å². The SMILES string of the molecule is O=C(NCCc1ccc(Cl)cc1)c1ccc(N2CCc3ccccc3C2)nc1. The monoisotopic (exact) mass is 391 g/mol. The van der Waals surface area contributed by atoms with E-state index >= 15 is 0 Å². The second-order valence-corrected chi connectivity index (χ2v) is 7.41. The molecule has 1 amide bonds. The first-order valence-electron chi connectivity index (χ1n) is 9.49. The summed E-state index contributed by atoms with van der Waals surface area (Å²) in [5.41, 5.74) is 4.48. The van der Waals surface area contributed by atoms with Crippen molar-refractivity contribution < 1.29 is 4.79 Å². The summed E-state index contributed by atoms with van der Waals surface area (Å²) in [6.07, 6.45) is 3.44. The molecule has 2 aromatic carbocycles. The number of carbonyl (C=O) groups is 1. The number of hydrogen-bond acceptors (Lipinski definition) is 3. The van der Waals surface area contributed by atoms with E-state index in [0.717, 1.165) is 42.3 Å². The van der Waals surface area contributed by atoms with Crippen molar-refractivity contribution in [2.75, 3.05) is 18.0 Å². The molecule has 4 rings (SSSR count). The average molecular weight is 392 g/mol. The maximum absolute atomic E-state index is 12.4. The molecule has 1 N–H and O–H groups in total. The number of rotatable bonds is 5. The molecule has 1 aliphatic rings. The second-order valence-electron chi connectivity index (χ2n) is 6.98. The van der Waals surface area contributed by atoms with Gasteiger partial charge in [0, 0.05) is 30.9 Å². The third kappa shape index (κ3) is 4.34. The van der Waals surface area contributed by atoms with Crippen molar-refractivity contribution in [3.8, 4) is 0 Å². The van der Waals surface area contributed by atoms with Crippen LogP contribution >= 0.6 is 11.6 Å². The van der Waals surface area contributed by atoms with Gasteiger partial charge in [0.05, 0.1) is 5.56 Å². The third-order valence-corrected chi connectivity index (χ3v) is 5.33. The number of carbonyl (C=O) groups excluding carboxylic acids is 1. The zero-order valence-electron chi connectivity index (χ0n) is 15.6. The lowest BCUT2D eigenvalue weighted by Crippen LogP contribution is -2.31. The molecule has 2 heterocycles. The van der Waals surface area contributed by atoms with E-state index < -0.39 is 0 Å². The summed E-state index contributed by atoms with van der Waals surface area (Å²) in [6, 6.07) is 20.0. The van der Waals surface area contributed by atoms with Crippen LogP contribution in [0.2, 0.25) is 5.02 Å². The average Bonchev–Trinajstić information content (AvgIpc) is 2.75. The summed E-state index contributed by atoms with van der Waals surface area (Å²) >= 11 is 5.89. The standard InChI is InChI=1S/C23H22ClN3O/c24-21-8-5-17(6-9-21)11-13-25-23(28)19-7-10-22(26-15-19)27-14-12-18-3-1-2-4-20(18)16-27/h1-10,15H,11-14,16H2,(H,25,28). The van der Waals surface area contributed by atoms with E-state index in [1.807, 2.05) is 36.4 Å². The van der Waals surface area contributed by atoms with Crippen LogP contribution in [0, 0.1) is 0 Å². The lowest BCUT2D eigenvalue weighted by atomic mass is 10.00. The lowest BCUT2D eigenvalue weighted by molar-refractivity contribution is 0.0954. The van der Waals surface area contributed by atoms with E-state index in [4.69, 9.17) is 11.6 Å². The number of pyridine rings is 1. The molecule has 142 valence electrons.